The summed E-state index contributed by atoms with van der Waals surface area (Å²) in [6.07, 6.45) is 0.917. The smallest absolute Gasteiger partial charge is 0.251 e. The van der Waals surface area contributed by atoms with Gasteiger partial charge in [-0.3, -0.25) is 14.5 Å². The maximum Gasteiger partial charge on any atom is 0.251 e. The summed E-state index contributed by atoms with van der Waals surface area (Å²) in [6, 6.07) is 21.6. The average Bonchev–Trinajstić information content (AvgIpc) is 3.08. The highest BCUT2D eigenvalue weighted by Crippen LogP contribution is 2.16. The second-order valence-corrected chi connectivity index (χ2v) is 8.10. The molecule has 1 fully saturated rings. The van der Waals surface area contributed by atoms with Crippen LogP contribution in [-0.2, 0) is 11.3 Å². The van der Waals surface area contributed by atoms with Crippen LogP contribution >= 0.6 is 0 Å². The molecule has 1 saturated heterocycles. The highest BCUT2D eigenvalue weighted by molar-refractivity contribution is 6.00. The average molecular weight is 432 g/mol. The molecule has 3 aromatic rings. The Morgan fingerprint density at radius 2 is 1.69 bits per heavy atom. The van der Waals surface area contributed by atoms with Crippen LogP contribution in [0.1, 0.15) is 22.3 Å². The van der Waals surface area contributed by atoms with Crippen LogP contribution in [0.3, 0.4) is 0 Å². The predicted octanol–water partition coefficient (Wildman–Crippen LogP) is 3.31. The second kappa shape index (κ2) is 10.3. The molecule has 0 aliphatic carbocycles. The lowest BCUT2D eigenvalue weighted by molar-refractivity contribution is -0.130. The summed E-state index contributed by atoms with van der Waals surface area (Å²) in [6.45, 7) is 4.01. The van der Waals surface area contributed by atoms with Gasteiger partial charge in [-0.15, -0.1) is 0 Å². The van der Waals surface area contributed by atoms with E-state index in [1.165, 1.54) is 5.56 Å². The van der Waals surface area contributed by atoms with Gasteiger partial charge in [-0.1, -0.05) is 42.5 Å². The molecular formula is C26H29N3O3. The van der Waals surface area contributed by atoms with E-state index in [4.69, 9.17) is 4.74 Å². The summed E-state index contributed by atoms with van der Waals surface area (Å²) in [4.78, 5) is 29.5. The lowest BCUT2D eigenvalue weighted by Crippen LogP contribution is -2.42. The molecule has 0 bridgehead atoms. The molecule has 0 saturated carbocycles. The topological polar surface area (TPSA) is 61.9 Å². The highest BCUT2D eigenvalue weighted by Gasteiger charge is 2.20. The van der Waals surface area contributed by atoms with Crippen molar-refractivity contribution in [3.63, 3.8) is 0 Å². The van der Waals surface area contributed by atoms with Gasteiger partial charge in [0.1, 0.15) is 5.75 Å². The summed E-state index contributed by atoms with van der Waals surface area (Å²) in [7, 11) is 1.67. The van der Waals surface area contributed by atoms with Crippen LogP contribution in [0, 0.1) is 0 Å². The Bertz CT molecular complexity index is 1080. The molecule has 0 spiro atoms. The van der Waals surface area contributed by atoms with Crippen LogP contribution in [0.2, 0.25) is 0 Å². The Labute approximate surface area is 188 Å². The fourth-order valence-corrected chi connectivity index (χ4v) is 4.07. The molecule has 1 aliphatic rings. The molecule has 0 unspecified atom stereocenters. The fraction of sp³-hybridized carbons (Fsp3) is 0.308. The molecule has 0 radical (unpaired) electrons. The maximum atomic E-state index is 12.7. The van der Waals surface area contributed by atoms with E-state index in [-0.39, 0.29) is 18.4 Å². The molecule has 0 atom stereocenters. The minimum absolute atomic E-state index is 0.0180. The van der Waals surface area contributed by atoms with Crippen molar-refractivity contribution in [1.82, 2.24) is 15.1 Å². The van der Waals surface area contributed by atoms with Crippen molar-refractivity contribution in [2.45, 2.75) is 13.0 Å². The fourth-order valence-electron chi connectivity index (χ4n) is 4.07. The SMILES string of the molecule is COc1ccc(CN2CCCN(C(=O)CNC(=O)c3ccc4ccccc4c3)CC2)cc1. The number of hydrogen-bond acceptors (Lipinski definition) is 4. The zero-order valence-corrected chi connectivity index (χ0v) is 18.4. The number of carbonyl (C=O) groups excluding carboxylic acids is 2. The minimum atomic E-state index is -0.222. The summed E-state index contributed by atoms with van der Waals surface area (Å²) in [5.41, 5.74) is 1.80. The third-order valence-electron chi connectivity index (χ3n) is 5.92. The van der Waals surface area contributed by atoms with Crippen molar-refractivity contribution in [1.29, 1.82) is 0 Å². The first-order chi connectivity index (χ1) is 15.6. The molecule has 6 nitrogen and oxygen atoms in total. The molecule has 32 heavy (non-hydrogen) atoms. The molecule has 3 aromatic carbocycles. The van der Waals surface area contributed by atoms with Crippen LogP contribution in [-0.4, -0.2) is 61.4 Å². The standard InChI is InChI=1S/C26H29N3O3/c1-32-24-11-7-20(8-12-24)19-28-13-4-14-29(16-15-28)25(30)18-27-26(31)23-10-9-21-5-2-3-6-22(21)17-23/h2-3,5-12,17H,4,13-16,18-19H2,1H3,(H,27,31). The van der Waals surface area contributed by atoms with E-state index in [2.05, 4.69) is 22.3 Å². The van der Waals surface area contributed by atoms with Crippen molar-refractivity contribution < 1.29 is 14.3 Å². The number of methoxy groups -OCH3 is 1. The van der Waals surface area contributed by atoms with Gasteiger partial charge in [0.2, 0.25) is 5.91 Å². The zero-order valence-electron chi connectivity index (χ0n) is 18.4. The molecule has 1 heterocycles. The van der Waals surface area contributed by atoms with E-state index >= 15 is 0 Å². The Kier molecular flexibility index (Phi) is 7.02. The third kappa shape index (κ3) is 5.45. The number of amides is 2. The number of benzene rings is 3. The summed E-state index contributed by atoms with van der Waals surface area (Å²) >= 11 is 0. The van der Waals surface area contributed by atoms with E-state index < -0.39 is 0 Å². The Balaban J connectivity index is 1.27. The molecule has 166 valence electrons. The first-order valence-corrected chi connectivity index (χ1v) is 11.0. The molecular weight excluding hydrogens is 402 g/mol. The van der Waals surface area contributed by atoms with Crippen LogP contribution in [0.25, 0.3) is 10.8 Å². The molecule has 0 aromatic heterocycles. The first-order valence-electron chi connectivity index (χ1n) is 11.0. The maximum absolute atomic E-state index is 12.7. The lowest BCUT2D eigenvalue weighted by atomic mass is 10.1. The van der Waals surface area contributed by atoms with E-state index in [0.29, 0.717) is 18.7 Å². The number of fused-ring (bicyclic) bond motifs is 1. The predicted molar refractivity (Wildman–Crippen MR) is 126 cm³/mol. The van der Waals surface area contributed by atoms with E-state index in [1.54, 1.807) is 13.2 Å². The van der Waals surface area contributed by atoms with Gasteiger partial charge in [-0.2, -0.15) is 0 Å². The van der Waals surface area contributed by atoms with E-state index in [9.17, 15) is 9.59 Å². The Morgan fingerprint density at radius 3 is 2.47 bits per heavy atom. The van der Waals surface area contributed by atoms with Gasteiger partial charge in [-0.05, 0) is 47.0 Å². The van der Waals surface area contributed by atoms with E-state index in [0.717, 1.165) is 42.6 Å². The molecule has 2 amide bonds. The van der Waals surface area contributed by atoms with Gasteiger partial charge in [-0.25, -0.2) is 0 Å². The van der Waals surface area contributed by atoms with Crippen molar-refractivity contribution in [3.05, 3.63) is 77.9 Å². The summed E-state index contributed by atoms with van der Waals surface area (Å²) < 4.78 is 5.22. The Morgan fingerprint density at radius 1 is 0.906 bits per heavy atom. The first kappa shape index (κ1) is 21.8. The highest BCUT2D eigenvalue weighted by atomic mass is 16.5. The van der Waals surface area contributed by atoms with E-state index in [1.807, 2.05) is 53.4 Å². The van der Waals surface area contributed by atoms with Crippen molar-refractivity contribution in [2.75, 3.05) is 39.8 Å². The van der Waals surface area contributed by atoms with Crippen LogP contribution in [0.5, 0.6) is 5.75 Å². The van der Waals surface area contributed by atoms with Crippen LogP contribution < -0.4 is 10.1 Å². The zero-order chi connectivity index (χ0) is 22.3. The van der Waals surface area contributed by atoms with Crippen molar-refractivity contribution in [3.8, 4) is 5.75 Å². The lowest BCUT2D eigenvalue weighted by Gasteiger charge is -2.22. The molecule has 6 heteroatoms. The second-order valence-electron chi connectivity index (χ2n) is 8.10. The molecule has 1 N–H and O–H groups in total. The largest absolute Gasteiger partial charge is 0.497 e. The number of carbonyl (C=O) groups is 2. The van der Waals surface area contributed by atoms with Gasteiger partial charge in [0.15, 0.2) is 0 Å². The number of hydrogen-bond donors (Lipinski definition) is 1. The molecule has 1 aliphatic heterocycles. The van der Waals surface area contributed by atoms with Crippen LogP contribution in [0.15, 0.2) is 66.7 Å². The van der Waals surface area contributed by atoms with Gasteiger partial charge >= 0.3 is 0 Å². The number of nitrogens with zero attached hydrogens (tertiary/aromatic N) is 2. The Hall–Kier alpha value is -3.38. The number of rotatable bonds is 6. The normalized spacial score (nSPS) is 14.7. The van der Waals surface area contributed by atoms with Crippen LogP contribution in [0.4, 0.5) is 0 Å². The van der Waals surface area contributed by atoms with Gasteiger partial charge in [0, 0.05) is 38.3 Å². The third-order valence-corrected chi connectivity index (χ3v) is 5.92. The monoisotopic (exact) mass is 431 g/mol. The van der Waals surface area contributed by atoms with Gasteiger partial charge < -0.3 is 15.0 Å². The molecule has 4 rings (SSSR count). The summed E-state index contributed by atoms with van der Waals surface area (Å²) in [5, 5.41) is 4.88. The summed E-state index contributed by atoms with van der Waals surface area (Å²) in [5.74, 6) is 0.595. The van der Waals surface area contributed by atoms with Gasteiger partial charge in [0.05, 0.1) is 13.7 Å². The number of nitrogens with one attached hydrogen (secondary N) is 1. The van der Waals surface area contributed by atoms with Gasteiger partial charge in [0.25, 0.3) is 5.91 Å². The number of ether oxygens (including phenoxy) is 1. The van der Waals surface area contributed by atoms with Crippen molar-refractivity contribution in [2.24, 2.45) is 0 Å². The quantitative estimate of drug-likeness (QED) is 0.651. The van der Waals surface area contributed by atoms with Crippen molar-refractivity contribution >= 4 is 22.6 Å². The minimum Gasteiger partial charge on any atom is -0.497 e.